The molecule has 2 N–H and O–H groups in total. The lowest BCUT2D eigenvalue weighted by atomic mass is 10.3. The molecule has 1 aromatic rings. The number of anilines is 2. The van der Waals surface area contributed by atoms with Gasteiger partial charge in [0.25, 0.3) is 0 Å². The minimum Gasteiger partial charge on any atom is -0.370 e. The summed E-state index contributed by atoms with van der Waals surface area (Å²) in [5.74, 6) is 1.86. The van der Waals surface area contributed by atoms with Crippen LogP contribution in [0, 0.1) is 6.92 Å². The summed E-state index contributed by atoms with van der Waals surface area (Å²) in [6, 6.07) is 0.815. The number of rotatable bonds is 7. The second-order valence-corrected chi connectivity index (χ2v) is 4.86. The molecule has 2 rings (SSSR count). The van der Waals surface area contributed by atoms with E-state index in [-0.39, 0.29) is 0 Å². The van der Waals surface area contributed by atoms with E-state index in [1.54, 1.807) is 6.33 Å². The van der Waals surface area contributed by atoms with Crippen LogP contribution in [0.15, 0.2) is 6.33 Å². The summed E-state index contributed by atoms with van der Waals surface area (Å²) < 4.78 is 0. The van der Waals surface area contributed by atoms with Crippen LogP contribution in [-0.4, -0.2) is 47.6 Å². The molecule has 0 spiro atoms. The molecule has 0 amide bonds. The molecule has 0 aromatic carbocycles. The first-order chi connectivity index (χ1) is 8.72. The van der Waals surface area contributed by atoms with Crippen molar-refractivity contribution in [3.63, 3.8) is 0 Å². The van der Waals surface area contributed by atoms with Crippen LogP contribution in [0.25, 0.3) is 0 Å². The molecule has 1 aromatic heterocycles. The Morgan fingerprint density at radius 3 is 2.56 bits per heavy atom. The minimum absolute atomic E-state index is 0.815. The van der Waals surface area contributed by atoms with Gasteiger partial charge in [0.15, 0.2) is 0 Å². The fourth-order valence-electron chi connectivity index (χ4n) is 2.02. The van der Waals surface area contributed by atoms with Crippen molar-refractivity contribution in [2.24, 2.45) is 0 Å². The SMILES string of the molecule is CCNc1ncnc(NCCN(C)C2CC2)c1C. The fourth-order valence-corrected chi connectivity index (χ4v) is 2.02. The molecule has 0 bridgehead atoms. The Kier molecular flexibility index (Phi) is 4.36. The Hall–Kier alpha value is -1.36. The summed E-state index contributed by atoms with van der Waals surface area (Å²) in [6.45, 7) is 6.98. The molecule has 1 saturated carbocycles. The average Bonchev–Trinajstić information content (AvgIpc) is 3.18. The number of hydrogen-bond donors (Lipinski definition) is 2. The lowest BCUT2D eigenvalue weighted by Gasteiger charge is -2.17. The number of hydrogen-bond acceptors (Lipinski definition) is 5. The normalized spacial score (nSPS) is 14.9. The van der Waals surface area contributed by atoms with Gasteiger partial charge in [0.1, 0.15) is 18.0 Å². The number of likely N-dealkylation sites (N-methyl/N-ethyl adjacent to an activating group) is 1. The molecular formula is C13H23N5. The Morgan fingerprint density at radius 2 is 1.94 bits per heavy atom. The zero-order valence-corrected chi connectivity index (χ0v) is 11.5. The predicted octanol–water partition coefficient (Wildman–Crippen LogP) is 1.72. The molecule has 0 atom stereocenters. The summed E-state index contributed by atoms with van der Waals surface area (Å²) in [5, 5.41) is 6.63. The second kappa shape index (κ2) is 6.00. The zero-order chi connectivity index (χ0) is 13.0. The molecule has 1 aliphatic rings. The Morgan fingerprint density at radius 1 is 1.28 bits per heavy atom. The van der Waals surface area contributed by atoms with Crippen LogP contribution in [0.5, 0.6) is 0 Å². The molecular weight excluding hydrogens is 226 g/mol. The molecule has 0 saturated heterocycles. The maximum absolute atomic E-state index is 4.30. The van der Waals surface area contributed by atoms with Crippen molar-refractivity contribution in [3.05, 3.63) is 11.9 Å². The van der Waals surface area contributed by atoms with E-state index in [1.807, 2.05) is 6.92 Å². The molecule has 0 aliphatic heterocycles. The lowest BCUT2D eigenvalue weighted by molar-refractivity contribution is 0.337. The van der Waals surface area contributed by atoms with Gasteiger partial charge in [-0.2, -0.15) is 0 Å². The van der Waals surface area contributed by atoms with E-state index in [4.69, 9.17) is 0 Å². The van der Waals surface area contributed by atoms with Gasteiger partial charge in [-0.05, 0) is 33.7 Å². The molecule has 5 heteroatoms. The molecule has 0 unspecified atom stereocenters. The smallest absolute Gasteiger partial charge is 0.134 e. The van der Waals surface area contributed by atoms with E-state index >= 15 is 0 Å². The number of nitrogens with zero attached hydrogens (tertiary/aromatic N) is 3. The van der Waals surface area contributed by atoms with Crippen molar-refractivity contribution in [1.29, 1.82) is 0 Å². The molecule has 100 valence electrons. The van der Waals surface area contributed by atoms with Crippen LogP contribution >= 0.6 is 0 Å². The molecule has 18 heavy (non-hydrogen) atoms. The summed E-state index contributed by atoms with van der Waals surface area (Å²) >= 11 is 0. The largest absolute Gasteiger partial charge is 0.370 e. The lowest BCUT2D eigenvalue weighted by Crippen LogP contribution is -2.27. The van der Waals surface area contributed by atoms with Gasteiger partial charge >= 0.3 is 0 Å². The highest BCUT2D eigenvalue weighted by Gasteiger charge is 2.25. The van der Waals surface area contributed by atoms with Crippen molar-refractivity contribution >= 4 is 11.6 Å². The van der Waals surface area contributed by atoms with Gasteiger partial charge < -0.3 is 15.5 Å². The summed E-state index contributed by atoms with van der Waals surface area (Å²) in [4.78, 5) is 10.9. The third kappa shape index (κ3) is 3.32. The van der Waals surface area contributed by atoms with E-state index in [1.165, 1.54) is 12.8 Å². The van der Waals surface area contributed by atoms with Crippen molar-refractivity contribution < 1.29 is 0 Å². The highest BCUT2D eigenvalue weighted by molar-refractivity contribution is 5.56. The van der Waals surface area contributed by atoms with E-state index in [2.05, 4.69) is 39.5 Å². The molecule has 1 aliphatic carbocycles. The maximum Gasteiger partial charge on any atom is 0.134 e. The fraction of sp³-hybridized carbons (Fsp3) is 0.692. The van der Waals surface area contributed by atoms with Crippen LogP contribution in [0.4, 0.5) is 11.6 Å². The Bertz CT molecular complexity index is 389. The van der Waals surface area contributed by atoms with Crippen LogP contribution in [0.3, 0.4) is 0 Å². The zero-order valence-electron chi connectivity index (χ0n) is 11.5. The predicted molar refractivity (Wildman–Crippen MR) is 75.1 cm³/mol. The molecule has 0 radical (unpaired) electrons. The van der Waals surface area contributed by atoms with Crippen LogP contribution < -0.4 is 10.6 Å². The van der Waals surface area contributed by atoms with E-state index in [0.29, 0.717) is 0 Å². The van der Waals surface area contributed by atoms with Crippen LogP contribution in [-0.2, 0) is 0 Å². The van der Waals surface area contributed by atoms with Gasteiger partial charge in [0.2, 0.25) is 0 Å². The van der Waals surface area contributed by atoms with Crippen molar-refractivity contribution in [2.75, 3.05) is 37.3 Å². The van der Waals surface area contributed by atoms with Crippen molar-refractivity contribution in [2.45, 2.75) is 32.7 Å². The van der Waals surface area contributed by atoms with Crippen LogP contribution in [0.2, 0.25) is 0 Å². The second-order valence-electron chi connectivity index (χ2n) is 4.86. The number of nitrogens with one attached hydrogen (secondary N) is 2. The third-order valence-electron chi connectivity index (χ3n) is 3.36. The molecule has 5 nitrogen and oxygen atoms in total. The summed E-state index contributed by atoms with van der Waals surface area (Å²) in [7, 11) is 2.19. The maximum atomic E-state index is 4.30. The Labute approximate surface area is 109 Å². The van der Waals surface area contributed by atoms with E-state index < -0.39 is 0 Å². The standard InChI is InChI=1S/C13H23N5/c1-4-14-12-10(2)13(17-9-16-12)15-7-8-18(3)11-5-6-11/h9,11H,4-8H2,1-3H3,(H2,14,15,16,17). The van der Waals surface area contributed by atoms with E-state index in [9.17, 15) is 0 Å². The van der Waals surface area contributed by atoms with Crippen LogP contribution in [0.1, 0.15) is 25.3 Å². The topological polar surface area (TPSA) is 53.1 Å². The Balaban J connectivity index is 1.86. The van der Waals surface area contributed by atoms with Gasteiger partial charge in [0, 0.05) is 31.2 Å². The van der Waals surface area contributed by atoms with E-state index in [0.717, 1.165) is 42.9 Å². The first-order valence-electron chi connectivity index (χ1n) is 6.72. The van der Waals surface area contributed by atoms with Gasteiger partial charge in [-0.3, -0.25) is 0 Å². The van der Waals surface area contributed by atoms with Gasteiger partial charge in [-0.1, -0.05) is 0 Å². The highest BCUT2D eigenvalue weighted by Crippen LogP contribution is 2.25. The number of aromatic nitrogens is 2. The monoisotopic (exact) mass is 249 g/mol. The summed E-state index contributed by atoms with van der Waals surface area (Å²) in [6.07, 6.45) is 4.32. The highest BCUT2D eigenvalue weighted by atomic mass is 15.2. The molecule has 1 heterocycles. The van der Waals surface area contributed by atoms with Gasteiger partial charge in [0.05, 0.1) is 0 Å². The van der Waals surface area contributed by atoms with Crippen molar-refractivity contribution in [3.8, 4) is 0 Å². The minimum atomic E-state index is 0.815. The first-order valence-corrected chi connectivity index (χ1v) is 6.72. The first kappa shape index (κ1) is 13.1. The van der Waals surface area contributed by atoms with Gasteiger partial charge in [-0.25, -0.2) is 9.97 Å². The average molecular weight is 249 g/mol. The van der Waals surface area contributed by atoms with Crippen molar-refractivity contribution in [1.82, 2.24) is 14.9 Å². The van der Waals surface area contributed by atoms with Gasteiger partial charge in [-0.15, -0.1) is 0 Å². The quantitative estimate of drug-likeness (QED) is 0.770. The third-order valence-corrected chi connectivity index (χ3v) is 3.36. The summed E-state index contributed by atoms with van der Waals surface area (Å²) in [5.41, 5.74) is 1.09. The molecule has 1 fully saturated rings.